The van der Waals surface area contributed by atoms with E-state index in [2.05, 4.69) is 5.32 Å². The summed E-state index contributed by atoms with van der Waals surface area (Å²) in [7, 11) is 1.46. The molecule has 2 aromatic carbocycles. The molecule has 27 heavy (non-hydrogen) atoms. The monoisotopic (exact) mass is 371 g/mol. The summed E-state index contributed by atoms with van der Waals surface area (Å²) in [6.45, 7) is 3.14. The molecular weight excluding hydrogens is 350 g/mol. The summed E-state index contributed by atoms with van der Waals surface area (Å²) in [6.07, 6.45) is 0. The Morgan fingerprint density at radius 3 is 2.37 bits per heavy atom. The fourth-order valence-electron chi connectivity index (χ4n) is 2.28. The molecule has 0 aliphatic heterocycles. The molecule has 0 saturated heterocycles. The smallest absolute Gasteiger partial charge is 0.310 e. The van der Waals surface area contributed by atoms with Crippen molar-refractivity contribution in [3.8, 4) is 5.75 Å². The van der Waals surface area contributed by atoms with Crippen LogP contribution in [0, 0.1) is 24.0 Å². The molecule has 0 aliphatic carbocycles. The Labute approximate surface area is 156 Å². The van der Waals surface area contributed by atoms with E-state index in [-0.39, 0.29) is 23.9 Å². The average molecular weight is 371 g/mol. The van der Waals surface area contributed by atoms with E-state index in [0.717, 1.165) is 11.1 Å². The second-order valence-electron chi connectivity index (χ2n) is 6.18. The van der Waals surface area contributed by atoms with Gasteiger partial charge in [-0.3, -0.25) is 19.7 Å². The van der Waals surface area contributed by atoms with Crippen molar-refractivity contribution in [2.75, 3.05) is 25.5 Å². The first kappa shape index (κ1) is 19.9. The van der Waals surface area contributed by atoms with Gasteiger partial charge in [0.1, 0.15) is 0 Å². The zero-order valence-electron chi connectivity index (χ0n) is 15.4. The second kappa shape index (κ2) is 8.79. The molecule has 1 N–H and O–H groups in total. The number of nitro benzene ring substituents is 1. The number of amides is 2. The summed E-state index contributed by atoms with van der Waals surface area (Å²) < 4.78 is 5.31. The molecule has 0 unspecified atom stereocenters. The number of nitrogens with zero attached hydrogens (tertiary/aromatic N) is 2. The van der Waals surface area contributed by atoms with Crippen LogP contribution >= 0.6 is 0 Å². The van der Waals surface area contributed by atoms with Gasteiger partial charge in [-0.25, -0.2) is 0 Å². The molecular formula is C19H21N3O5. The number of hydrogen-bond donors (Lipinski definition) is 1. The highest BCUT2D eigenvalue weighted by atomic mass is 16.6. The van der Waals surface area contributed by atoms with Crippen LogP contribution in [0.3, 0.4) is 0 Å². The molecule has 0 atom stereocenters. The van der Waals surface area contributed by atoms with Crippen molar-refractivity contribution in [3.63, 3.8) is 0 Å². The molecule has 0 aromatic heterocycles. The van der Waals surface area contributed by atoms with Crippen molar-refractivity contribution in [2.45, 2.75) is 13.8 Å². The largest absolute Gasteiger partial charge is 0.477 e. The van der Waals surface area contributed by atoms with E-state index in [1.54, 1.807) is 25.1 Å². The number of aryl methyl sites for hydroxylation is 2. The lowest BCUT2D eigenvalue weighted by atomic mass is 10.2. The number of nitrogens with one attached hydrogen (secondary N) is 1. The predicted octanol–water partition coefficient (Wildman–Crippen LogP) is 2.69. The quantitative estimate of drug-likeness (QED) is 0.595. The number of rotatable bonds is 7. The molecule has 0 spiro atoms. The molecule has 2 amide bonds. The standard InChI is InChI=1S/C19H21N3O5/c1-13-4-7-15(8-5-13)20-18(23)11-21(3)19(24)12-27-17-10-14(2)6-9-16(17)22(25)26/h4-10H,11-12H2,1-3H3,(H,20,23). The van der Waals surface area contributed by atoms with Gasteiger partial charge in [-0.05, 0) is 37.6 Å². The van der Waals surface area contributed by atoms with Gasteiger partial charge in [-0.15, -0.1) is 0 Å². The first-order chi connectivity index (χ1) is 12.8. The van der Waals surface area contributed by atoms with Gasteiger partial charge in [0.15, 0.2) is 12.4 Å². The minimum atomic E-state index is -0.571. The fraction of sp³-hybridized carbons (Fsp3) is 0.263. The Kier molecular flexibility index (Phi) is 6.48. The Bertz CT molecular complexity index is 849. The molecule has 8 nitrogen and oxygen atoms in total. The lowest BCUT2D eigenvalue weighted by molar-refractivity contribution is -0.385. The van der Waals surface area contributed by atoms with Gasteiger partial charge in [-0.1, -0.05) is 23.8 Å². The summed E-state index contributed by atoms with van der Waals surface area (Å²) in [5.74, 6) is -0.799. The van der Waals surface area contributed by atoms with Gasteiger partial charge < -0.3 is 15.0 Å². The van der Waals surface area contributed by atoms with Gasteiger partial charge in [0.05, 0.1) is 11.5 Å². The molecule has 2 rings (SSSR count). The van der Waals surface area contributed by atoms with Crippen LogP contribution in [0.1, 0.15) is 11.1 Å². The van der Waals surface area contributed by atoms with E-state index in [1.165, 1.54) is 24.1 Å². The van der Waals surface area contributed by atoms with Crippen LogP contribution in [-0.4, -0.2) is 41.8 Å². The van der Waals surface area contributed by atoms with E-state index < -0.39 is 17.4 Å². The molecule has 142 valence electrons. The highest BCUT2D eigenvalue weighted by Gasteiger charge is 2.18. The van der Waals surface area contributed by atoms with Crippen LogP contribution in [0.2, 0.25) is 0 Å². The maximum Gasteiger partial charge on any atom is 0.310 e. The van der Waals surface area contributed by atoms with Crippen molar-refractivity contribution >= 4 is 23.2 Å². The first-order valence-electron chi connectivity index (χ1n) is 8.24. The number of anilines is 1. The summed E-state index contributed by atoms with van der Waals surface area (Å²) >= 11 is 0. The van der Waals surface area contributed by atoms with E-state index in [9.17, 15) is 19.7 Å². The van der Waals surface area contributed by atoms with Crippen LogP contribution < -0.4 is 10.1 Å². The maximum atomic E-state index is 12.2. The Morgan fingerprint density at radius 1 is 1.11 bits per heavy atom. The van der Waals surface area contributed by atoms with Crippen LogP contribution in [0.15, 0.2) is 42.5 Å². The predicted molar refractivity (Wildman–Crippen MR) is 101 cm³/mol. The fourth-order valence-corrected chi connectivity index (χ4v) is 2.28. The Morgan fingerprint density at radius 2 is 1.74 bits per heavy atom. The zero-order chi connectivity index (χ0) is 20.0. The van der Waals surface area contributed by atoms with Crippen molar-refractivity contribution in [1.82, 2.24) is 4.90 Å². The number of ether oxygens (including phenoxy) is 1. The molecule has 0 bridgehead atoms. The summed E-state index contributed by atoms with van der Waals surface area (Å²) in [6, 6.07) is 11.7. The SMILES string of the molecule is Cc1ccc(NC(=O)CN(C)C(=O)COc2cc(C)ccc2[N+](=O)[O-])cc1. The average Bonchev–Trinajstić information content (AvgIpc) is 2.61. The number of hydrogen-bond acceptors (Lipinski definition) is 5. The number of carbonyl (C=O) groups excluding carboxylic acids is 2. The lowest BCUT2D eigenvalue weighted by Gasteiger charge is -2.17. The molecule has 0 saturated carbocycles. The molecule has 2 aromatic rings. The molecule has 0 fully saturated rings. The van der Waals surface area contributed by atoms with Crippen molar-refractivity contribution in [1.29, 1.82) is 0 Å². The highest BCUT2D eigenvalue weighted by Crippen LogP contribution is 2.27. The van der Waals surface area contributed by atoms with Crippen LogP contribution in [0.4, 0.5) is 11.4 Å². The van der Waals surface area contributed by atoms with Crippen LogP contribution in [0.5, 0.6) is 5.75 Å². The van der Waals surface area contributed by atoms with E-state index in [4.69, 9.17) is 4.74 Å². The third-order valence-corrected chi connectivity index (χ3v) is 3.81. The van der Waals surface area contributed by atoms with E-state index in [1.807, 2.05) is 19.1 Å². The van der Waals surface area contributed by atoms with E-state index in [0.29, 0.717) is 5.69 Å². The Hall–Kier alpha value is -3.42. The number of nitro groups is 1. The Balaban J connectivity index is 1.90. The third-order valence-electron chi connectivity index (χ3n) is 3.81. The second-order valence-corrected chi connectivity index (χ2v) is 6.18. The highest BCUT2D eigenvalue weighted by molar-refractivity contribution is 5.94. The molecule has 0 aliphatic rings. The van der Waals surface area contributed by atoms with Gasteiger partial charge >= 0.3 is 5.69 Å². The normalized spacial score (nSPS) is 10.2. The van der Waals surface area contributed by atoms with Crippen molar-refractivity contribution < 1.29 is 19.2 Å². The van der Waals surface area contributed by atoms with Gasteiger partial charge in [0.2, 0.25) is 5.91 Å². The van der Waals surface area contributed by atoms with Crippen LogP contribution in [0.25, 0.3) is 0 Å². The third kappa shape index (κ3) is 5.81. The van der Waals surface area contributed by atoms with E-state index >= 15 is 0 Å². The summed E-state index contributed by atoms with van der Waals surface area (Å²) in [5.41, 5.74) is 2.27. The molecule has 0 radical (unpaired) electrons. The first-order valence-corrected chi connectivity index (χ1v) is 8.24. The molecule has 0 heterocycles. The topological polar surface area (TPSA) is 102 Å². The molecule has 8 heteroatoms. The summed E-state index contributed by atoms with van der Waals surface area (Å²) in [5, 5.41) is 13.7. The number of likely N-dealkylation sites (N-methyl/N-ethyl adjacent to an activating group) is 1. The maximum absolute atomic E-state index is 12.2. The van der Waals surface area contributed by atoms with Gasteiger partial charge in [0.25, 0.3) is 5.91 Å². The van der Waals surface area contributed by atoms with Gasteiger partial charge in [-0.2, -0.15) is 0 Å². The minimum absolute atomic E-state index is 0.0193. The van der Waals surface area contributed by atoms with Crippen molar-refractivity contribution in [3.05, 3.63) is 63.7 Å². The van der Waals surface area contributed by atoms with Crippen molar-refractivity contribution in [2.24, 2.45) is 0 Å². The number of benzene rings is 2. The lowest BCUT2D eigenvalue weighted by Crippen LogP contribution is -2.37. The minimum Gasteiger partial charge on any atom is -0.477 e. The van der Waals surface area contributed by atoms with Gasteiger partial charge in [0, 0.05) is 18.8 Å². The number of carbonyl (C=O) groups is 2. The summed E-state index contributed by atoms with van der Waals surface area (Å²) in [4.78, 5) is 35.9. The zero-order valence-corrected chi connectivity index (χ0v) is 15.4. The van der Waals surface area contributed by atoms with Crippen LogP contribution in [-0.2, 0) is 9.59 Å².